The third kappa shape index (κ3) is 7.08. The number of fused-ring (bicyclic) bond motifs is 1. The molecule has 5 aromatic rings. The average molecular weight is 676 g/mol. The van der Waals surface area contributed by atoms with Crippen LogP contribution in [0.5, 0.6) is 17.2 Å². The predicted octanol–water partition coefficient (Wildman–Crippen LogP) is 8.58. The number of nitro benzene ring substituents is 1. The zero-order valence-electron chi connectivity index (χ0n) is 26.4. The number of benzene rings is 4. The van der Waals surface area contributed by atoms with Crippen LogP contribution in [0.4, 0.5) is 5.69 Å². The molecule has 0 aliphatic rings. The number of aromatic nitrogens is 2. The molecule has 0 bridgehead atoms. The Morgan fingerprint density at radius 3 is 2.49 bits per heavy atom. The summed E-state index contributed by atoms with van der Waals surface area (Å²) in [5.41, 5.74) is 3.12. The number of nitrogens with zero attached hydrogens (tertiary/aromatic N) is 4. The summed E-state index contributed by atoms with van der Waals surface area (Å²) in [7, 11) is 1.62. The third-order valence-corrected chi connectivity index (χ3v) is 8.04. The number of nitro groups is 1. The van der Waals surface area contributed by atoms with E-state index in [1.807, 2.05) is 25.1 Å². The van der Waals surface area contributed by atoms with Crippen molar-refractivity contribution in [1.82, 2.24) is 9.66 Å². The summed E-state index contributed by atoms with van der Waals surface area (Å²) < 4.78 is 18.5. The Morgan fingerprint density at radius 1 is 1.04 bits per heavy atom. The minimum absolute atomic E-state index is 0.0640. The first-order valence-corrected chi connectivity index (χ1v) is 15.5. The smallest absolute Gasteiger partial charge is 0.315 e. The van der Waals surface area contributed by atoms with Crippen LogP contribution in [0.2, 0.25) is 10.0 Å². The molecule has 0 unspecified atom stereocenters. The van der Waals surface area contributed by atoms with E-state index < -0.39 is 10.5 Å². The van der Waals surface area contributed by atoms with Crippen molar-refractivity contribution in [2.45, 2.75) is 40.2 Å². The van der Waals surface area contributed by atoms with E-state index in [1.54, 1.807) is 56.5 Å². The van der Waals surface area contributed by atoms with E-state index >= 15 is 0 Å². The number of para-hydroxylation sites is 1. The molecular formula is C35H32Cl2N4O6. The number of methoxy groups -OCH3 is 1. The fourth-order valence-electron chi connectivity index (χ4n) is 5.11. The van der Waals surface area contributed by atoms with Crippen molar-refractivity contribution in [2.24, 2.45) is 5.10 Å². The van der Waals surface area contributed by atoms with E-state index in [9.17, 15) is 14.9 Å². The lowest BCUT2D eigenvalue weighted by Gasteiger charge is -2.17. The van der Waals surface area contributed by atoms with Gasteiger partial charge in [-0.15, -0.1) is 0 Å². The minimum Gasteiger partial charge on any atom is -0.496 e. The molecule has 0 atom stereocenters. The van der Waals surface area contributed by atoms with Gasteiger partial charge in [0.15, 0.2) is 11.6 Å². The lowest BCUT2D eigenvalue weighted by molar-refractivity contribution is -0.386. The quantitative estimate of drug-likeness (QED) is 0.0782. The Morgan fingerprint density at radius 2 is 1.81 bits per heavy atom. The van der Waals surface area contributed by atoms with Crippen LogP contribution in [0.1, 0.15) is 48.9 Å². The Hall–Kier alpha value is -4.93. The van der Waals surface area contributed by atoms with Crippen LogP contribution >= 0.6 is 23.2 Å². The van der Waals surface area contributed by atoms with Crippen LogP contribution in [0.15, 0.2) is 76.6 Å². The third-order valence-electron chi connectivity index (χ3n) is 7.46. The first-order chi connectivity index (χ1) is 22.5. The van der Waals surface area contributed by atoms with Crippen LogP contribution in [-0.2, 0) is 6.61 Å². The first kappa shape index (κ1) is 33.4. The molecular weight excluding hydrogens is 643 g/mol. The highest BCUT2D eigenvalue weighted by Gasteiger charge is 2.24. The normalized spacial score (nSPS) is 11.4. The molecule has 0 aliphatic heterocycles. The molecule has 12 heteroatoms. The molecule has 47 heavy (non-hydrogen) atoms. The fraction of sp³-hybridized carbons (Fsp3) is 0.229. The topological polar surface area (TPSA) is 118 Å². The number of hydrogen-bond donors (Lipinski definition) is 0. The molecule has 0 N–H and O–H groups in total. The van der Waals surface area contributed by atoms with Crippen LogP contribution in [0.3, 0.4) is 0 Å². The monoisotopic (exact) mass is 674 g/mol. The zero-order chi connectivity index (χ0) is 33.8. The van der Waals surface area contributed by atoms with Gasteiger partial charge in [0.05, 0.1) is 35.8 Å². The van der Waals surface area contributed by atoms with Gasteiger partial charge in [-0.05, 0) is 73.4 Å². The van der Waals surface area contributed by atoms with Gasteiger partial charge in [-0.2, -0.15) is 9.78 Å². The molecule has 0 saturated heterocycles. The van der Waals surface area contributed by atoms with Gasteiger partial charge in [0.2, 0.25) is 5.75 Å². The van der Waals surface area contributed by atoms with E-state index in [1.165, 1.54) is 17.0 Å². The van der Waals surface area contributed by atoms with Crippen LogP contribution in [0.25, 0.3) is 22.3 Å². The maximum Gasteiger partial charge on any atom is 0.315 e. The Balaban J connectivity index is 1.64. The van der Waals surface area contributed by atoms with Gasteiger partial charge in [0, 0.05) is 32.8 Å². The predicted molar refractivity (Wildman–Crippen MR) is 185 cm³/mol. The number of aryl methyl sites for hydroxylation is 1. The lowest BCUT2D eigenvalue weighted by atomic mass is 9.96. The largest absolute Gasteiger partial charge is 0.496 e. The molecule has 0 amide bonds. The second-order valence-electron chi connectivity index (χ2n) is 11.0. The van der Waals surface area contributed by atoms with E-state index in [2.05, 4.69) is 18.9 Å². The number of hydrogen-bond acceptors (Lipinski definition) is 8. The second kappa shape index (κ2) is 14.2. The molecule has 1 heterocycles. The maximum atomic E-state index is 13.9. The maximum absolute atomic E-state index is 13.9. The summed E-state index contributed by atoms with van der Waals surface area (Å²) >= 11 is 12.3. The molecule has 10 nitrogen and oxygen atoms in total. The van der Waals surface area contributed by atoms with Gasteiger partial charge in [-0.1, -0.05) is 55.2 Å². The van der Waals surface area contributed by atoms with Crippen molar-refractivity contribution in [3.8, 4) is 28.6 Å². The molecule has 5 rings (SSSR count). The average Bonchev–Trinajstić information content (AvgIpc) is 3.04. The summed E-state index contributed by atoms with van der Waals surface area (Å²) in [6.07, 6.45) is 1.36. The Kier molecular flexibility index (Phi) is 10.1. The molecule has 242 valence electrons. The highest BCUT2D eigenvalue weighted by Crippen LogP contribution is 2.39. The van der Waals surface area contributed by atoms with E-state index in [0.29, 0.717) is 43.5 Å². The standard InChI is InChI=1S/C35H32Cl2N4O6/c1-6-46-32-15-22(14-30(41(43)44)33(32)47-19-23-11-12-24(36)16-28(23)37)18-38-40-34(39-29-10-8-7-9-25(29)35(40)42)27-17-26(20(2)3)31(45-5)13-21(27)4/h7-18,20H,6,19H2,1-5H3. The van der Waals surface area contributed by atoms with E-state index in [4.69, 9.17) is 42.4 Å². The van der Waals surface area contributed by atoms with Crippen LogP contribution < -0.4 is 19.8 Å². The zero-order valence-corrected chi connectivity index (χ0v) is 27.9. The summed E-state index contributed by atoms with van der Waals surface area (Å²) in [5, 5.41) is 18.0. The number of halogens is 2. The molecule has 0 saturated carbocycles. The van der Waals surface area contributed by atoms with Crippen molar-refractivity contribution in [3.05, 3.63) is 119 Å². The van der Waals surface area contributed by atoms with Crippen LogP contribution in [-0.4, -0.2) is 34.5 Å². The van der Waals surface area contributed by atoms with E-state index in [0.717, 1.165) is 16.9 Å². The van der Waals surface area contributed by atoms with Crippen molar-refractivity contribution in [1.29, 1.82) is 0 Å². The summed E-state index contributed by atoms with van der Waals surface area (Å²) in [6, 6.07) is 18.6. The SMILES string of the molecule is CCOc1cc(C=Nn2c(-c3cc(C(C)C)c(OC)cc3C)nc3ccccc3c2=O)cc([N+](=O)[O-])c1OCc1ccc(Cl)cc1Cl. The van der Waals surface area contributed by atoms with Crippen molar-refractivity contribution in [2.75, 3.05) is 13.7 Å². The molecule has 4 aromatic carbocycles. The van der Waals surface area contributed by atoms with Crippen LogP contribution in [0, 0.1) is 17.0 Å². The molecule has 0 aliphatic carbocycles. The van der Waals surface area contributed by atoms with Gasteiger partial charge in [-0.25, -0.2) is 4.98 Å². The number of ether oxygens (including phenoxy) is 3. The van der Waals surface area contributed by atoms with Gasteiger partial charge in [-0.3, -0.25) is 14.9 Å². The van der Waals surface area contributed by atoms with E-state index in [-0.39, 0.29) is 36.3 Å². The lowest BCUT2D eigenvalue weighted by Crippen LogP contribution is -2.21. The summed E-state index contributed by atoms with van der Waals surface area (Å²) in [5.74, 6) is 1.23. The molecule has 0 fully saturated rings. The van der Waals surface area contributed by atoms with Crippen molar-refractivity contribution in [3.63, 3.8) is 0 Å². The fourth-order valence-corrected chi connectivity index (χ4v) is 5.57. The van der Waals surface area contributed by atoms with Crippen molar-refractivity contribution >= 4 is 46.0 Å². The van der Waals surface area contributed by atoms with Gasteiger partial charge < -0.3 is 14.2 Å². The second-order valence-corrected chi connectivity index (χ2v) is 11.8. The molecule has 0 radical (unpaired) electrons. The highest BCUT2D eigenvalue weighted by atomic mass is 35.5. The van der Waals surface area contributed by atoms with Crippen molar-refractivity contribution < 1.29 is 19.1 Å². The Labute approximate surface area is 281 Å². The van der Waals surface area contributed by atoms with Gasteiger partial charge in [0.1, 0.15) is 12.4 Å². The highest BCUT2D eigenvalue weighted by molar-refractivity contribution is 6.35. The van der Waals surface area contributed by atoms with Gasteiger partial charge in [0.25, 0.3) is 5.56 Å². The summed E-state index contributed by atoms with van der Waals surface area (Å²) in [6.45, 7) is 7.91. The number of rotatable bonds is 11. The molecule has 0 spiro atoms. The van der Waals surface area contributed by atoms with Gasteiger partial charge >= 0.3 is 5.69 Å². The molecule has 1 aromatic heterocycles. The Bertz CT molecular complexity index is 2080. The minimum atomic E-state index is -0.567. The first-order valence-electron chi connectivity index (χ1n) is 14.8. The summed E-state index contributed by atoms with van der Waals surface area (Å²) in [4.78, 5) is 30.4.